The van der Waals surface area contributed by atoms with Crippen LogP contribution in [0.15, 0.2) is 0 Å². The molecule has 10 heteroatoms. The van der Waals surface area contributed by atoms with Crippen molar-refractivity contribution in [3.05, 3.63) is 0 Å². The molecule has 0 rings (SSSR count). The Labute approximate surface area is 183 Å². The van der Waals surface area contributed by atoms with E-state index in [9.17, 15) is 20.4 Å². The van der Waals surface area contributed by atoms with E-state index in [0.717, 1.165) is 26.2 Å². The van der Waals surface area contributed by atoms with Crippen molar-refractivity contribution in [2.75, 3.05) is 78.5 Å². The van der Waals surface area contributed by atoms with Gasteiger partial charge in [0.2, 0.25) is 0 Å². The number of nitrogens with one attached hydrogen (secondary N) is 2. The van der Waals surface area contributed by atoms with E-state index in [2.05, 4.69) is 10.6 Å². The molecule has 0 aliphatic heterocycles. The molecule has 4 unspecified atom stereocenters. The van der Waals surface area contributed by atoms with Gasteiger partial charge in [0.1, 0.15) is 0 Å². The minimum atomic E-state index is -0.448. The van der Waals surface area contributed by atoms with Crippen molar-refractivity contribution in [3.63, 3.8) is 0 Å². The first-order valence-electron chi connectivity index (χ1n) is 11.1. The molecule has 0 radical (unpaired) electrons. The van der Waals surface area contributed by atoms with Gasteiger partial charge in [0, 0.05) is 78.5 Å². The number of hydrogen-bond donors (Lipinski definition) is 8. The fraction of sp³-hybridized carbons (Fsp3) is 1.00. The molecule has 0 aliphatic carbocycles. The third kappa shape index (κ3) is 25.6. The predicted molar refractivity (Wildman–Crippen MR) is 123 cm³/mol. The normalized spacial score (nSPS) is 15.6. The van der Waals surface area contributed by atoms with Gasteiger partial charge in [0.15, 0.2) is 0 Å². The van der Waals surface area contributed by atoms with Crippen LogP contribution < -0.4 is 22.1 Å². The van der Waals surface area contributed by atoms with Crippen LogP contribution in [0.1, 0.15) is 27.7 Å². The van der Waals surface area contributed by atoms with Gasteiger partial charge in [-0.2, -0.15) is 0 Å². The summed E-state index contributed by atoms with van der Waals surface area (Å²) in [5.41, 5.74) is 10.5. The topological polar surface area (TPSA) is 164 Å². The molecule has 184 valence electrons. The van der Waals surface area contributed by atoms with Gasteiger partial charge in [-0.3, -0.25) is 9.80 Å². The summed E-state index contributed by atoms with van der Waals surface area (Å²) in [5.74, 6) is 0. The van der Waals surface area contributed by atoms with Crippen LogP contribution in [-0.2, 0) is 0 Å². The Kier molecular flexibility index (Phi) is 23.1. The highest BCUT2D eigenvalue weighted by Gasteiger charge is 2.15. The standard InChI is InChI=1S/C14H32N2O4.C6H18N4/c1-11(17)7-15(8-12(2)18)5-6-16(9-13(3)19)10-14(4)20;7-1-3-9-5-6-10-4-2-8/h11-14,17-20H,5-10H2,1-4H3;9-10H,1-8H2. The second-order valence-electron chi connectivity index (χ2n) is 7.99. The van der Waals surface area contributed by atoms with E-state index >= 15 is 0 Å². The third-order valence-electron chi connectivity index (χ3n) is 3.94. The number of hydrogen-bond acceptors (Lipinski definition) is 10. The van der Waals surface area contributed by atoms with E-state index in [1.54, 1.807) is 27.7 Å². The monoisotopic (exact) mass is 438 g/mol. The zero-order valence-corrected chi connectivity index (χ0v) is 19.6. The van der Waals surface area contributed by atoms with Crippen LogP contribution >= 0.6 is 0 Å². The molecule has 30 heavy (non-hydrogen) atoms. The van der Waals surface area contributed by atoms with E-state index in [-0.39, 0.29) is 0 Å². The molecular formula is C20H50N6O4. The first-order valence-corrected chi connectivity index (χ1v) is 11.1. The molecule has 0 fully saturated rings. The molecule has 0 aromatic carbocycles. The van der Waals surface area contributed by atoms with Crippen LogP contribution in [0, 0.1) is 0 Å². The van der Waals surface area contributed by atoms with Crippen LogP contribution in [-0.4, -0.2) is 133 Å². The zero-order chi connectivity index (χ0) is 23.4. The lowest BCUT2D eigenvalue weighted by atomic mass is 10.2. The van der Waals surface area contributed by atoms with Crippen LogP contribution in [0.5, 0.6) is 0 Å². The van der Waals surface area contributed by atoms with Crippen LogP contribution in [0.4, 0.5) is 0 Å². The summed E-state index contributed by atoms with van der Waals surface area (Å²) in [4.78, 5) is 3.98. The molecule has 0 aliphatic rings. The van der Waals surface area contributed by atoms with Crippen LogP contribution in [0.25, 0.3) is 0 Å². The Hall–Kier alpha value is -0.400. The molecule has 0 spiro atoms. The summed E-state index contributed by atoms with van der Waals surface area (Å²) in [6.45, 7) is 15.4. The summed E-state index contributed by atoms with van der Waals surface area (Å²) in [5, 5.41) is 44.2. The highest BCUT2D eigenvalue weighted by molar-refractivity contribution is 4.70. The average Bonchev–Trinajstić information content (AvgIpc) is 2.61. The molecule has 0 saturated heterocycles. The quantitative estimate of drug-likeness (QED) is 0.105. The lowest BCUT2D eigenvalue weighted by Crippen LogP contribution is -2.44. The minimum Gasteiger partial charge on any atom is -0.392 e. The summed E-state index contributed by atoms with van der Waals surface area (Å²) >= 11 is 0. The molecule has 0 aromatic heterocycles. The van der Waals surface area contributed by atoms with Crippen molar-refractivity contribution in [1.82, 2.24) is 20.4 Å². The second kappa shape index (κ2) is 21.8. The summed E-state index contributed by atoms with van der Waals surface area (Å²) in [7, 11) is 0. The number of rotatable bonds is 18. The Bertz CT molecular complexity index is 297. The molecule has 0 saturated carbocycles. The van der Waals surface area contributed by atoms with Crippen molar-refractivity contribution >= 4 is 0 Å². The molecule has 0 amide bonds. The zero-order valence-electron chi connectivity index (χ0n) is 19.6. The maximum atomic E-state index is 9.47. The Morgan fingerprint density at radius 3 is 1.03 bits per heavy atom. The Morgan fingerprint density at radius 2 is 0.833 bits per heavy atom. The molecule has 0 heterocycles. The Balaban J connectivity index is 0. The van der Waals surface area contributed by atoms with Gasteiger partial charge in [0.05, 0.1) is 24.4 Å². The van der Waals surface area contributed by atoms with Crippen molar-refractivity contribution in [2.24, 2.45) is 11.5 Å². The maximum Gasteiger partial charge on any atom is 0.0639 e. The third-order valence-corrected chi connectivity index (χ3v) is 3.94. The van der Waals surface area contributed by atoms with Crippen molar-refractivity contribution in [2.45, 2.75) is 52.1 Å². The number of aliphatic hydroxyl groups excluding tert-OH is 4. The first kappa shape index (κ1) is 31.8. The van der Waals surface area contributed by atoms with Crippen LogP contribution in [0.3, 0.4) is 0 Å². The lowest BCUT2D eigenvalue weighted by Gasteiger charge is -2.30. The Morgan fingerprint density at radius 1 is 0.567 bits per heavy atom. The van der Waals surface area contributed by atoms with Gasteiger partial charge in [-0.25, -0.2) is 0 Å². The summed E-state index contributed by atoms with van der Waals surface area (Å²) in [6.07, 6.45) is -1.79. The van der Waals surface area contributed by atoms with Crippen molar-refractivity contribution in [3.8, 4) is 0 Å². The summed E-state index contributed by atoms with van der Waals surface area (Å²) < 4.78 is 0. The highest BCUT2D eigenvalue weighted by atomic mass is 16.3. The van der Waals surface area contributed by atoms with Gasteiger partial charge in [-0.15, -0.1) is 0 Å². The number of nitrogens with zero attached hydrogens (tertiary/aromatic N) is 2. The smallest absolute Gasteiger partial charge is 0.0639 e. The van der Waals surface area contributed by atoms with Gasteiger partial charge < -0.3 is 42.5 Å². The predicted octanol–water partition coefficient (Wildman–Crippen LogP) is -2.80. The highest BCUT2D eigenvalue weighted by Crippen LogP contribution is 2.00. The molecular weight excluding hydrogens is 388 g/mol. The van der Waals surface area contributed by atoms with Gasteiger partial charge in [-0.05, 0) is 27.7 Å². The molecule has 4 atom stereocenters. The fourth-order valence-electron chi connectivity index (χ4n) is 2.92. The molecule has 0 aromatic rings. The largest absolute Gasteiger partial charge is 0.392 e. The van der Waals surface area contributed by atoms with Crippen molar-refractivity contribution in [1.29, 1.82) is 0 Å². The van der Waals surface area contributed by atoms with Gasteiger partial charge in [-0.1, -0.05) is 0 Å². The van der Waals surface area contributed by atoms with E-state index in [1.807, 2.05) is 9.80 Å². The lowest BCUT2D eigenvalue weighted by molar-refractivity contribution is 0.0542. The van der Waals surface area contributed by atoms with Crippen molar-refractivity contribution < 1.29 is 20.4 Å². The van der Waals surface area contributed by atoms with Gasteiger partial charge in [0.25, 0.3) is 0 Å². The fourth-order valence-corrected chi connectivity index (χ4v) is 2.92. The SMILES string of the molecule is CC(O)CN(CCN(CC(C)O)CC(C)O)CC(C)O.NCCNCCNCCN. The molecule has 10 nitrogen and oxygen atoms in total. The minimum absolute atomic E-state index is 0.448. The summed E-state index contributed by atoms with van der Waals surface area (Å²) in [6, 6.07) is 0. The van der Waals surface area contributed by atoms with E-state index in [0.29, 0.717) is 52.4 Å². The maximum absolute atomic E-state index is 9.47. The van der Waals surface area contributed by atoms with Gasteiger partial charge >= 0.3 is 0 Å². The molecule has 0 bridgehead atoms. The second-order valence-corrected chi connectivity index (χ2v) is 7.99. The number of nitrogens with two attached hydrogens (primary N) is 2. The number of aliphatic hydroxyl groups is 4. The average molecular weight is 439 g/mol. The molecule has 10 N–H and O–H groups in total. The van der Waals surface area contributed by atoms with E-state index < -0.39 is 24.4 Å². The van der Waals surface area contributed by atoms with Crippen LogP contribution in [0.2, 0.25) is 0 Å². The van der Waals surface area contributed by atoms with E-state index in [4.69, 9.17) is 11.5 Å². The van der Waals surface area contributed by atoms with E-state index in [1.165, 1.54) is 0 Å². The first-order chi connectivity index (χ1) is 14.1.